The molecule has 20 heavy (non-hydrogen) atoms. The van der Waals surface area contributed by atoms with E-state index < -0.39 is 15.6 Å². The average Bonchev–Trinajstić information content (AvgIpc) is 2.98. The predicted molar refractivity (Wildman–Crippen MR) is 78.1 cm³/mol. The van der Waals surface area contributed by atoms with E-state index in [2.05, 4.69) is 10.0 Å². The van der Waals surface area contributed by atoms with E-state index in [0.29, 0.717) is 24.1 Å². The first-order valence-corrected chi connectivity index (χ1v) is 8.45. The van der Waals surface area contributed by atoms with Crippen molar-refractivity contribution < 1.29 is 12.8 Å². The van der Waals surface area contributed by atoms with E-state index in [4.69, 9.17) is 4.42 Å². The van der Waals surface area contributed by atoms with Crippen LogP contribution >= 0.6 is 0 Å². The molecule has 2 rings (SSSR count). The van der Waals surface area contributed by atoms with Gasteiger partial charge in [0.15, 0.2) is 0 Å². The van der Waals surface area contributed by atoms with Gasteiger partial charge in [-0.3, -0.25) is 0 Å². The zero-order chi connectivity index (χ0) is 15.1. The number of furan rings is 1. The molecule has 0 atom stereocenters. The molecule has 2 N–H and O–H groups in total. The van der Waals surface area contributed by atoms with Crippen LogP contribution < -0.4 is 10.0 Å². The summed E-state index contributed by atoms with van der Waals surface area (Å²) in [6.45, 7) is 9.53. The molecule has 0 aliphatic heterocycles. The summed E-state index contributed by atoms with van der Waals surface area (Å²) in [5.41, 5.74) is 0.226. The van der Waals surface area contributed by atoms with Crippen molar-refractivity contribution in [1.29, 1.82) is 0 Å². The van der Waals surface area contributed by atoms with Crippen LogP contribution in [-0.4, -0.2) is 20.0 Å². The van der Waals surface area contributed by atoms with Crippen LogP contribution in [0.3, 0.4) is 0 Å². The Morgan fingerprint density at radius 2 is 1.80 bits per heavy atom. The molecule has 1 saturated carbocycles. The summed E-state index contributed by atoms with van der Waals surface area (Å²) in [5.74, 6) is 1.12. The zero-order valence-electron chi connectivity index (χ0n) is 12.8. The first kappa shape index (κ1) is 15.5. The quantitative estimate of drug-likeness (QED) is 0.874. The van der Waals surface area contributed by atoms with Crippen LogP contribution in [0, 0.1) is 13.8 Å². The average molecular weight is 300 g/mol. The lowest BCUT2D eigenvalue weighted by atomic mass is 10.1. The number of hydrogen-bond donors (Lipinski definition) is 2. The monoisotopic (exact) mass is 300 g/mol. The summed E-state index contributed by atoms with van der Waals surface area (Å²) in [7, 11) is -3.57. The van der Waals surface area contributed by atoms with Crippen LogP contribution in [0.5, 0.6) is 0 Å². The lowest BCUT2D eigenvalue weighted by Crippen LogP contribution is -2.41. The molecule has 0 amide bonds. The minimum atomic E-state index is -3.57. The first-order valence-electron chi connectivity index (χ1n) is 6.96. The minimum Gasteiger partial charge on any atom is -0.465 e. The molecule has 0 bridgehead atoms. The molecule has 1 fully saturated rings. The second-order valence-corrected chi connectivity index (χ2v) is 8.15. The van der Waals surface area contributed by atoms with E-state index in [1.807, 2.05) is 27.7 Å². The molecule has 1 aliphatic carbocycles. The van der Waals surface area contributed by atoms with Crippen LogP contribution in [-0.2, 0) is 16.6 Å². The van der Waals surface area contributed by atoms with Crippen molar-refractivity contribution in [1.82, 2.24) is 10.0 Å². The molecule has 1 aliphatic rings. The molecule has 1 aromatic rings. The summed E-state index contributed by atoms with van der Waals surface area (Å²) >= 11 is 0. The molecule has 0 radical (unpaired) electrons. The lowest BCUT2D eigenvalue weighted by molar-refractivity contribution is 0.481. The fourth-order valence-corrected chi connectivity index (χ4v) is 4.12. The highest BCUT2D eigenvalue weighted by Crippen LogP contribution is 2.28. The zero-order valence-corrected chi connectivity index (χ0v) is 13.6. The van der Waals surface area contributed by atoms with Gasteiger partial charge < -0.3 is 9.73 Å². The molecule has 5 nitrogen and oxygen atoms in total. The third kappa shape index (κ3) is 3.62. The summed E-state index contributed by atoms with van der Waals surface area (Å²) in [6.07, 6.45) is 2.33. The number of nitrogens with one attached hydrogen (secondary N) is 2. The van der Waals surface area contributed by atoms with Crippen LogP contribution in [0.1, 0.15) is 50.7 Å². The maximum Gasteiger partial charge on any atom is 0.244 e. The van der Waals surface area contributed by atoms with E-state index >= 15 is 0 Å². The van der Waals surface area contributed by atoms with E-state index in [1.54, 1.807) is 6.92 Å². The Balaban J connectivity index is 2.33. The molecular weight excluding hydrogens is 276 g/mol. The largest absolute Gasteiger partial charge is 0.465 e. The van der Waals surface area contributed by atoms with Gasteiger partial charge in [0.2, 0.25) is 10.0 Å². The standard InChI is InChI=1S/C14H24N2O3S/c1-9-12(8-15-11-6-7-11)13(10(2)19-9)20(17,18)16-14(3,4)5/h11,15-16H,6-8H2,1-5H3. The molecule has 6 heteroatoms. The summed E-state index contributed by atoms with van der Waals surface area (Å²) in [4.78, 5) is 0.290. The normalized spacial score (nSPS) is 16.6. The van der Waals surface area contributed by atoms with Gasteiger partial charge in [-0.15, -0.1) is 0 Å². The van der Waals surface area contributed by atoms with Crippen LogP contribution in [0.2, 0.25) is 0 Å². The SMILES string of the molecule is Cc1oc(C)c(S(=O)(=O)NC(C)(C)C)c1CNC1CC1. The van der Waals surface area contributed by atoms with Gasteiger partial charge in [-0.25, -0.2) is 13.1 Å². The van der Waals surface area contributed by atoms with Gasteiger partial charge in [-0.05, 0) is 47.5 Å². The molecule has 1 heterocycles. The highest BCUT2D eigenvalue weighted by molar-refractivity contribution is 7.89. The van der Waals surface area contributed by atoms with Gasteiger partial charge in [0.25, 0.3) is 0 Å². The molecule has 114 valence electrons. The number of rotatable bonds is 5. The van der Waals surface area contributed by atoms with Crippen LogP contribution in [0.4, 0.5) is 0 Å². The first-order chi connectivity index (χ1) is 9.10. The predicted octanol–water partition coefficient (Wildman–Crippen LogP) is 2.23. The Morgan fingerprint density at radius 1 is 1.20 bits per heavy atom. The Kier molecular flexibility index (Phi) is 4.01. The molecule has 0 saturated heterocycles. The smallest absolute Gasteiger partial charge is 0.244 e. The van der Waals surface area contributed by atoms with E-state index in [9.17, 15) is 8.42 Å². The molecular formula is C14H24N2O3S. The number of sulfonamides is 1. The van der Waals surface area contributed by atoms with Gasteiger partial charge in [0.05, 0.1) is 0 Å². The maximum absolute atomic E-state index is 12.6. The number of aryl methyl sites for hydroxylation is 2. The third-order valence-electron chi connectivity index (χ3n) is 3.18. The van der Waals surface area contributed by atoms with Gasteiger partial charge in [0.1, 0.15) is 16.4 Å². The van der Waals surface area contributed by atoms with Crippen LogP contribution in [0.25, 0.3) is 0 Å². The highest BCUT2D eigenvalue weighted by atomic mass is 32.2. The summed E-state index contributed by atoms with van der Waals surface area (Å²) in [5, 5.41) is 3.35. The van der Waals surface area contributed by atoms with Gasteiger partial charge >= 0.3 is 0 Å². The fraction of sp³-hybridized carbons (Fsp3) is 0.714. The summed E-state index contributed by atoms with van der Waals surface area (Å²) in [6, 6.07) is 0.524. The number of hydrogen-bond acceptors (Lipinski definition) is 4. The lowest BCUT2D eigenvalue weighted by Gasteiger charge is -2.20. The van der Waals surface area contributed by atoms with E-state index in [-0.39, 0.29) is 4.90 Å². The maximum atomic E-state index is 12.6. The van der Waals surface area contributed by atoms with E-state index in [1.165, 1.54) is 0 Å². The van der Waals surface area contributed by atoms with Crippen molar-refractivity contribution in [2.75, 3.05) is 0 Å². The molecule has 1 aromatic heterocycles. The van der Waals surface area contributed by atoms with E-state index in [0.717, 1.165) is 18.4 Å². The van der Waals surface area contributed by atoms with Crippen molar-refractivity contribution in [2.24, 2.45) is 0 Å². The Hall–Kier alpha value is -0.850. The molecule has 0 aromatic carbocycles. The summed E-state index contributed by atoms with van der Waals surface area (Å²) < 4.78 is 33.4. The Bertz CT molecular complexity index is 593. The van der Waals surface area contributed by atoms with Crippen LogP contribution in [0.15, 0.2) is 9.31 Å². The van der Waals surface area contributed by atoms with Crippen molar-refractivity contribution in [3.8, 4) is 0 Å². The van der Waals surface area contributed by atoms with Gasteiger partial charge in [-0.2, -0.15) is 0 Å². The highest BCUT2D eigenvalue weighted by Gasteiger charge is 2.31. The second kappa shape index (κ2) is 5.16. The topological polar surface area (TPSA) is 71.3 Å². The fourth-order valence-electron chi connectivity index (χ4n) is 2.25. The van der Waals surface area contributed by atoms with Crippen molar-refractivity contribution >= 4 is 10.0 Å². The third-order valence-corrected chi connectivity index (χ3v) is 5.13. The van der Waals surface area contributed by atoms with Crippen molar-refractivity contribution in [2.45, 2.75) is 70.5 Å². The van der Waals surface area contributed by atoms with Crippen molar-refractivity contribution in [3.63, 3.8) is 0 Å². The Morgan fingerprint density at radius 3 is 2.30 bits per heavy atom. The Labute approximate surface area is 121 Å². The van der Waals surface area contributed by atoms with Crippen molar-refractivity contribution in [3.05, 3.63) is 17.1 Å². The second-order valence-electron chi connectivity index (χ2n) is 6.53. The molecule has 0 spiro atoms. The van der Waals surface area contributed by atoms with Gasteiger partial charge in [-0.1, -0.05) is 0 Å². The minimum absolute atomic E-state index is 0.290. The van der Waals surface area contributed by atoms with Gasteiger partial charge in [0, 0.05) is 23.7 Å². The molecule has 0 unspecified atom stereocenters.